The molecule has 1 aromatic heterocycles. The van der Waals surface area contributed by atoms with Crippen LogP contribution in [0.15, 0.2) is 63.8 Å². The Hall–Kier alpha value is -5.00. The third kappa shape index (κ3) is 9.02. The number of hydrogen-bond acceptors (Lipinski definition) is 7. The third-order valence-electron chi connectivity index (χ3n) is 6.22. The van der Waals surface area contributed by atoms with Gasteiger partial charge in [0.1, 0.15) is 23.7 Å². The molecule has 1 heterocycles. The summed E-state index contributed by atoms with van der Waals surface area (Å²) in [5.74, 6) is -3.59. The van der Waals surface area contributed by atoms with Crippen LogP contribution in [0.2, 0.25) is 0 Å². The SMILES string of the molecule is Cc1cc(=O)oc2cc(NC(=O)[C@H](Cc3ccccc3)NC(=O)[C@H](C)NC(=O)[C@@H](C)NC(=O)CCC(=O)O)ccc12. The van der Waals surface area contributed by atoms with Crippen LogP contribution in [0.4, 0.5) is 5.69 Å². The molecule has 0 aliphatic carbocycles. The van der Waals surface area contributed by atoms with Gasteiger partial charge in [0.05, 0.1) is 6.42 Å². The Balaban J connectivity index is 1.69. The molecule has 5 N–H and O–H groups in total. The number of amides is 4. The molecule has 41 heavy (non-hydrogen) atoms. The Bertz CT molecular complexity index is 1500. The van der Waals surface area contributed by atoms with E-state index in [1.165, 1.54) is 26.0 Å². The zero-order valence-electron chi connectivity index (χ0n) is 22.9. The normalized spacial score (nSPS) is 13.0. The van der Waals surface area contributed by atoms with Crippen LogP contribution >= 0.6 is 0 Å². The molecule has 0 fully saturated rings. The Kier molecular flexibility index (Phi) is 10.3. The van der Waals surface area contributed by atoms with Crippen LogP contribution < -0.4 is 26.9 Å². The van der Waals surface area contributed by atoms with Crippen molar-refractivity contribution < 1.29 is 33.5 Å². The summed E-state index contributed by atoms with van der Waals surface area (Å²) >= 11 is 0. The summed E-state index contributed by atoms with van der Waals surface area (Å²) in [5, 5.41) is 19.7. The molecule has 3 atom stereocenters. The molecule has 4 amide bonds. The number of anilines is 1. The number of carbonyl (C=O) groups is 5. The Morgan fingerprint density at radius 1 is 0.829 bits per heavy atom. The molecule has 3 aromatic rings. The third-order valence-corrected chi connectivity index (χ3v) is 6.22. The van der Waals surface area contributed by atoms with E-state index in [2.05, 4.69) is 21.3 Å². The van der Waals surface area contributed by atoms with E-state index in [9.17, 15) is 28.8 Å². The maximum Gasteiger partial charge on any atom is 0.336 e. The van der Waals surface area contributed by atoms with Crippen LogP contribution in [-0.4, -0.2) is 52.8 Å². The number of aliphatic carboxylic acids is 1. The highest BCUT2D eigenvalue weighted by Crippen LogP contribution is 2.21. The molecule has 3 rings (SSSR count). The Morgan fingerprint density at radius 3 is 2.17 bits per heavy atom. The topological polar surface area (TPSA) is 184 Å². The van der Waals surface area contributed by atoms with Crippen LogP contribution in [-0.2, 0) is 30.4 Å². The molecule has 0 aliphatic heterocycles. The van der Waals surface area contributed by atoms with Crippen LogP contribution in [0.1, 0.15) is 37.8 Å². The lowest BCUT2D eigenvalue weighted by Crippen LogP contribution is -2.55. The molecule has 0 spiro atoms. The monoisotopic (exact) mass is 564 g/mol. The number of hydrogen-bond donors (Lipinski definition) is 5. The van der Waals surface area contributed by atoms with Crippen molar-refractivity contribution in [2.24, 2.45) is 0 Å². The molecule has 0 saturated heterocycles. The van der Waals surface area contributed by atoms with Crippen LogP contribution in [0.3, 0.4) is 0 Å². The second kappa shape index (κ2) is 13.9. The van der Waals surface area contributed by atoms with Crippen molar-refractivity contribution in [1.29, 1.82) is 0 Å². The Labute approximate surface area is 235 Å². The van der Waals surface area contributed by atoms with Crippen LogP contribution in [0, 0.1) is 6.92 Å². The fourth-order valence-electron chi connectivity index (χ4n) is 3.99. The molecule has 0 saturated carbocycles. The van der Waals surface area contributed by atoms with Gasteiger partial charge in [-0.3, -0.25) is 24.0 Å². The highest BCUT2D eigenvalue weighted by atomic mass is 16.4. The first-order chi connectivity index (χ1) is 19.4. The van der Waals surface area contributed by atoms with Crippen molar-refractivity contribution in [3.63, 3.8) is 0 Å². The summed E-state index contributed by atoms with van der Waals surface area (Å²) in [4.78, 5) is 73.1. The first kappa shape index (κ1) is 30.5. The minimum absolute atomic E-state index is 0.150. The molecule has 12 heteroatoms. The van der Waals surface area contributed by atoms with E-state index in [0.29, 0.717) is 16.7 Å². The van der Waals surface area contributed by atoms with Crippen molar-refractivity contribution in [2.75, 3.05) is 5.32 Å². The van der Waals surface area contributed by atoms with Gasteiger partial charge in [-0.25, -0.2) is 4.79 Å². The zero-order chi connectivity index (χ0) is 30.1. The average molecular weight is 565 g/mol. The molecule has 0 radical (unpaired) electrons. The molecule has 216 valence electrons. The summed E-state index contributed by atoms with van der Waals surface area (Å²) in [5.41, 5.74) is 1.66. The predicted octanol–water partition coefficient (Wildman–Crippen LogP) is 1.64. The summed E-state index contributed by atoms with van der Waals surface area (Å²) in [6.45, 7) is 4.60. The van der Waals surface area contributed by atoms with E-state index in [4.69, 9.17) is 9.52 Å². The van der Waals surface area contributed by atoms with Crippen molar-refractivity contribution in [2.45, 2.75) is 58.2 Å². The molecule has 12 nitrogen and oxygen atoms in total. The second-order valence-corrected chi connectivity index (χ2v) is 9.61. The number of carboxylic acids is 1. The van der Waals surface area contributed by atoms with Gasteiger partial charge in [-0.2, -0.15) is 0 Å². The molecule has 0 bridgehead atoms. The largest absolute Gasteiger partial charge is 0.481 e. The van der Waals surface area contributed by atoms with Gasteiger partial charge < -0.3 is 30.8 Å². The smallest absolute Gasteiger partial charge is 0.336 e. The first-order valence-electron chi connectivity index (χ1n) is 12.9. The highest BCUT2D eigenvalue weighted by molar-refractivity contribution is 6.00. The summed E-state index contributed by atoms with van der Waals surface area (Å²) in [6.07, 6.45) is -0.518. The number of nitrogens with one attached hydrogen (secondary N) is 4. The molecule has 2 aromatic carbocycles. The number of benzene rings is 2. The molecular weight excluding hydrogens is 532 g/mol. The molecule has 0 unspecified atom stereocenters. The quantitative estimate of drug-likeness (QED) is 0.206. The summed E-state index contributed by atoms with van der Waals surface area (Å²) < 4.78 is 5.25. The standard InChI is InChI=1S/C29H32N4O8/c1-16-13-26(37)41-23-15-20(9-10-21(16)23)32-29(40)22(14-19-7-5-4-6-8-19)33-28(39)18(3)31-27(38)17(2)30-24(34)11-12-25(35)36/h4-10,13,15,17-18,22H,11-12,14H2,1-3H3,(H,30,34)(H,31,38)(H,32,40)(H,33,39)(H,35,36)/t17-,18+,22+/m1/s1. The van der Waals surface area contributed by atoms with E-state index < -0.39 is 53.3 Å². The lowest BCUT2D eigenvalue weighted by molar-refractivity contribution is -0.139. The van der Waals surface area contributed by atoms with Crippen molar-refractivity contribution in [1.82, 2.24) is 16.0 Å². The van der Waals surface area contributed by atoms with Gasteiger partial charge in [-0.15, -0.1) is 0 Å². The molecule has 0 aliphatic rings. The summed E-state index contributed by atoms with van der Waals surface area (Å²) in [7, 11) is 0. The second-order valence-electron chi connectivity index (χ2n) is 9.61. The number of carboxylic acid groups (broad SMARTS) is 1. The molecular formula is C29H32N4O8. The first-order valence-corrected chi connectivity index (χ1v) is 12.9. The summed E-state index contributed by atoms with van der Waals surface area (Å²) in [6, 6.07) is 12.2. The van der Waals surface area contributed by atoms with Gasteiger partial charge in [0, 0.05) is 36.0 Å². The van der Waals surface area contributed by atoms with E-state index in [1.54, 1.807) is 43.3 Å². The average Bonchev–Trinajstić information content (AvgIpc) is 2.91. The predicted molar refractivity (Wildman–Crippen MR) is 150 cm³/mol. The minimum Gasteiger partial charge on any atom is -0.481 e. The van der Waals surface area contributed by atoms with E-state index in [1.807, 2.05) is 6.07 Å². The number of carbonyl (C=O) groups excluding carboxylic acids is 4. The Morgan fingerprint density at radius 2 is 1.49 bits per heavy atom. The fraction of sp³-hybridized carbons (Fsp3) is 0.310. The maximum atomic E-state index is 13.3. The number of aryl methyl sites for hydroxylation is 1. The van der Waals surface area contributed by atoms with Crippen molar-refractivity contribution in [3.05, 3.63) is 76.1 Å². The van der Waals surface area contributed by atoms with Gasteiger partial charge in [-0.05, 0) is 44.0 Å². The van der Waals surface area contributed by atoms with Crippen molar-refractivity contribution in [3.8, 4) is 0 Å². The number of rotatable bonds is 12. The van der Waals surface area contributed by atoms with Gasteiger partial charge in [0.2, 0.25) is 23.6 Å². The van der Waals surface area contributed by atoms with E-state index in [-0.39, 0.29) is 19.3 Å². The van der Waals surface area contributed by atoms with Gasteiger partial charge >= 0.3 is 11.6 Å². The lowest BCUT2D eigenvalue weighted by atomic mass is 10.0. The maximum absolute atomic E-state index is 13.3. The zero-order valence-corrected chi connectivity index (χ0v) is 22.9. The van der Waals surface area contributed by atoms with Gasteiger partial charge in [0.25, 0.3) is 0 Å². The van der Waals surface area contributed by atoms with Crippen molar-refractivity contribution >= 4 is 46.3 Å². The van der Waals surface area contributed by atoms with Gasteiger partial charge in [0.15, 0.2) is 0 Å². The highest BCUT2D eigenvalue weighted by Gasteiger charge is 2.26. The van der Waals surface area contributed by atoms with E-state index in [0.717, 1.165) is 11.1 Å². The van der Waals surface area contributed by atoms with E-state index >= 15 is 0 Å². The minimum atomic E-state index is -1.14. The fourth-order valence-corrected chi connectivity index (χ4v) is 3.99. The number of fused-ring (bicyclic) bond motifs is 1. The van der Waals surface area contributed by atoms with Crippen LogP contribution in [0.25, 0.3) is 11.0 Å². The van der Waals surface area contributed by atoms with Crippen LogP contribution in [0.5, 0.6) is 0 Å². The lowest BCUT2D eigenvalue weighted by Gasteiger charge is -2.22. The van der Waals surface area contributed by atoms with Gasteiger partial charge in [-0.1, -0.05) is 30.3 Å².